The highest BCUT2D eigenvalue weighted by atomic mass is 16.5. The molecule has 152 valence electrons. The van der Waals surface area contributed by atoms with Crippen molar-refractivity contribution in [2.24, 2.45) is 0 Å². The van der Waals surface area contributed by atoms with E-state index in [-0.39, 0.29) is 6.61 Å². The first-order valence-electron chi connectivity index (χ1n) is 9.62. The van der Waals surface area contributed by atoms with Crippen LogP contribution in [0.1, 0.15) is 41.8 Å². The second kappa shape index (κ2) is 9.28. The van der Waals surface area contributed by atoms with Gasteiger partial charge in [-0.25, -0.2) is 9.59 Å². The van der Waals surface area contributed by atoms with E-state index in [1.54, 1.807) is 24.3 Å². The molecule has 1 aromatic heterocycles. The third-order valence-corrected chi connectivity index (χ3v) is 4.29. The number of carbonyl (C=O) groups is 1. The summed E-state index contributed by atoms with van der Waals surface area (Å²) in [4.78, 5) is 24.4. The molecule has 0 bridgehead atoms. The monoisotopic (exact) mass is 396 g/mol. The van der Waals surface area contributed by atoms with Crippen molar-refractivity contribution in [2.45, 2.75) is 33.8 Å². The molecule has 0 N–H and O–H groups in total. The van der Waals surface area contributed by atoms with Gasteiger partial charge in [-0.15, -0.1) is 0 Å². The third-order valence-electron chi connectivity index (χ3n) is 4.29. The van der Waals surface area contributed by atoms with Crippen LogP contribution in [0.2, 0.25) is 0 Å². The standard InChI is InChI=1S/C23H24O6/c1-4-10-27-19-9-7-16(12-21(19)26-5-2)23(25)28-14-17-13-22(24)29-20-11-15(3)6-8-18(17)20/h6-9,11-13H,4-5,10,14H2,1-3H3. The summed E-state index contributed by atoms with van der Waals surface area (Å²) < 4.78 is 21.9. The highest BCUT2D eigenvalue weighted by molar-refractivity contribution is 5.90. The summed E-state index contributed by atoms with van der Waals surface area (Å²) in [5.74, 6) is 0.574. The minimum absolute atomic E-state index is 0.0396. The van der Waals surface area contributed by atoms with E-state index in [0.29, 0.717) is 41.4 Å². The third kappa shape index (κ3) is 4.96. The zero-order valence-corrected chi connectivity index (χ0v) is 16.8. The Morgan fingerprint density at radius 2 is 1.83 bits per heavy atom. The van der Waals surface area contributed by atoms with Gasteiger partial charge < -0.3 is 18.6 Å². The lowest BCUT2D eigenvalue weighted by molar-refractivity contribution is 0.0473. The maximum absolute atomic E-state index is 12.6. The van der Waals surface area contributed by atoms with E-state index in [1.165, 1.54) is 6.07 Å². The lowest BCUT2D eigenvalue weighted by Gasteiger charge is -2.13. The summed E-state index contributed by atoms with van der Waals surface area (Å²) in [5.41, 5.74) is 1.91. The van der Waals surface area contributed by atoms with Gasteiger partial charge in [0.2, 0.25) is 0 Å². The number of aryl methyl sites for hydroxylation is 1. The van der Waals surface area contributed by atoms with Crippen LogP contribution in [0.25, 0.3) is 11.0 Å². The van der Waals surface area contributed by atoms with Crippen molar-refractivity contribution in [1.29, 1.82) is 0 Å². The van der Waals surface area contributed by atoms with Gasteiger partial charge in [0.15, 0.2) is 11.5 Å². The van der Waals surface area contributed by atoms with Crippen molar-refractivity contribution in [3.63, 3.8) is 0 Å². The summed E-state index contributed by atoms with van der Waals surface area (Å²) in [5, 5.41) is 0.737. The molecule has 3 aromatic rings. The summed E-state index contributed by atoms with van der Waals surface area (Å²) >= 11 is 0. The van der Waals surface area contributed by atoms with E-state index in [9.17, 15) is 9.59 Å². The van der Waals surface area contributed by atoms with Crippen LogP contribution in [-0.2, 0) is 11.3 Å². The van der Waals surface area contributed by atoms with E-state index in [0.717, 1.165) is 17.4 Å². The van der Waals surface area contributed by atoms with Gasteiger partial charge in [0.05, 0.1) is 18.8 Å². The Bertz CT molecular complexity index is 1070. The van der Waals surface area contributed by atoms with Crippen LogP contribution in [0.3, 0.4) is 0 Å². The van der Waals surface area contributed by atoms with Gasteiger partial charge in [-0.2, -0.15) is 0 Å². The molecule has 0 atom stereocenters. The number of hydrogen-bond acceptors (Lipinski definition) is 6. The molecule has 0 saturated carbocycles. The predicted molar refractivity (Wildman–Crippen MR) is 110 cm³/mol. The normalized spacial score (nSPS) is 10.7. The van der Waals surface area contributed by atoms with Crippen molar-refractivity contribution in [3.8, 4) is 11.5 Å². The molecule has 29 heavy (non-hydrogen) atoms. The smallest absolute Gasteiger partial charge is 0.338 e. The van der Waals surface area contributed by atoms with Crippen molar-refractivity contribution < 1.29 is 23.4 Å². The van der Waals surface area contributed by atoms with Gasteiger partial charge in [-0.3, -0.25) is 0 Å². The van der Waals surface area contributed by atoms with Crippen molar-refractivity contribution in [3.05, 3.63) is 69.6 Å². The van der Waals surface area contributed by atoms with Crippen LogP contribution >= 0.6 is 0 Å². The second-order valence-electron chi connectivity index (χ2n) is 6.61. The molecular formula is C23H24O6. The van der Waals surface area contributed by atoms with E-state index in [1.807, 2.05) is 32.9 Å². The number of hydrogen-bond donors (Lipinski definition) is 0. The zero-order chi connectivity index (χ0) is 20.8. The minimum Gasteiger partial charge on any atom is -0.490 e. The number of carbonyl (C=O) groups excluding carboxylic acids is 1. The van der Waals surface area contributed by atoms with Gasteiger partial charge in [-0.1, -0.05) is 19.1 Å². The zero-order valence-electron chi connectivity index (χ0n) is 16.8. The van der Waals surface area contributed by atoms with Crippen LogP contribution in [-0.4, -0.2) is 19.2 Å². The molecule has 0 unspecified atom stereocenters. The Kier molecular flexibility index (Phi) is 6.54. The maximum atomic E-state index is 12.6. The molecule has 0 saturated heterocycles. The van der Waals surface area contributed by atoms with Gasteiger partial charge in [0.25, 0.3) is 0 Å². The first-order valence-corrected chi connectivity index (χ1v) is 9.62. The molecule has 0 amide bonds. The summed E-state index contributed by atoms with van der Waals surface area (Å²) in [6, 6.07) is 11.8. The van der Waals surface area contributed by atoms with Crippen LogP contribution in [0, 0.1) is 6.92 Å². The Morgan fingerprint density at radius 1 is 1.00 bits per heavy atom. The number of ether oxygens (including phenoxy) is 3. The molecule has 2 aromatic carbocycles. The average Bonchev–Trinajstić information content (AvgIpc) is 2.70. The molecule has 0 spiro atoms. The van der Waals surface area contributed by atoms with E-state index >= 15 is 0 Å². The number of rotatable bonds is 8. The maximum Gasteiger partial charge on any atom is 0.338 e. The van der Waals surface area contributed by atoms with Crippen LogP contribution < -0.4 is 15.1 Å². The van der Waals surface area contributed by atoms with E-state index in [2.05, 4.69) is 0 Å². The average molecular weight is 396 g/mol. The summed E-state index contributed by atoms with van der Waals surface area (Å²) in [7, 11) is 0. The van der Waals surface area contributed by atoms with Crippen molar-refractivity contribution >= 4 is 16.9 Å². The molecule has 6 heteroatoms. The molecule has 0 radical (unpaired) electrons. The number of fused-ring (bicyclic) bond motifs is 1. The van der Waals surface area contributed by atoms with Gasteiger partial charge in [0, 0.05) is 17.0 Å². The molecule has 6 nitrogen and oxygen atoms in total. The quantitative estimate of drug-likeness (QED) is 0.408. The Balaban J connectivity index is 1.80. The Hall–Kier alpha value is -3.28. The van der Waals surface area contributed by atoms with Gasteiger partial charge in [-0.05, 0) is 50.1 Å². The highest BCUT2D eigenvalue weighted by Gasteiger charge is 2.14. The molecular weight excluding hydrogens is 372 g/mol. The summed E-state index contributed by atoms with van der Waals surface area (Å²) in [6.45, 7) is 6.76. The summed E-state index contributed by atoms with van der Waals surface area (Å²) in [6.07, 6.45) is 0.869. The first-order chi connectivity index (χ1) is 14.0. The molecule has 1 heterocycles. The fourth-order valence-electron chi connectivity index (χ4n) is 2.92. The van der Waals surface area contributed by atoms with Gasteiger partial charge in [0.1, 0.15) is 12.2 Å². The van der Waals surface area contributed by atoms with Gasteiger partial charge >= 0.3 is 11.6 Å². The second-order valence-corrected chi connectivity index (χ2v) is 6.61. The molecule has 3 rings (SSSR count). The fourth-order valence-corrected chi connectivity index (χ4v) is 2.92. The highest BCUT2D eigenvalue weighted by Crippen LogP contribution is 2.29. The molecule has 0 aliphatic heterocycles. The number of benzene rings is 2. The predicted octanol–water partition coefficient (Wildman–Crippen LogP) is 4.65. The fraction of sp³-hybridized carbons (Fsp3) is 0.304. The van der Waals surface area contributed by atoms with E-state index in [4.69, 9.17) is 18.6 Å². The Morgan fingerprint density at radius 3 is 2.59 bits per heavy atom. The molecule has 0 fully saturated rings. The van der Waals surface area contributed by atoms with E-state index < -0.39 is 11.6 Å². The number of esters is 1. The first kappa shape index (κ1) is 20.5. The lowest BCUT2D eigenvalue weighted by Crippen LogP contribution is -2.09. The Labute approximate surface area is 169 Å². The molecule has 0 aliphatic rings. The SMILES string of the molecule is CCCOc1ccc(C(=O)OCc2cc(=O)oc3cc(C)ccc23)cc1OCC. The van der Waals surface area contributed by atoms with Crippen molar-refractivity contribution in [2.75, 3.05) is 13.2 Å². The minimum atomic E-state index is -0.513. The topological polar surface area (TPSA) is 75.0 Å². The van der Waals surface area contributed by atoms with Crippen LogP contribution in [0.15, 0.2) is 51.7 Å². The molecule has 0 aliphatic carbocycles. The van der Waals surface area contributed by atoms with Crippen LogP contribution in [0.5, 0.6) is 11.5 Å². The van der Waals surface area contributed by atoms with Crippen molar-refractivity contribution in [1.82, 2.24) is 0 Å². The van der Waals surface area contributed by atoms with Crippen LogP contribution in [0.4, 0.5) is 0 Å². The largest absolute Gasteiger partial charge is 0.490 e. The lowest BCUT2D eigenvalue weighted by atomic mass is 10.1.